The summed E-state index contributed by atoms with van der Waals surface area (Å²) in [5.74, 6) is 0.788. The van der Waals surface area contributed by atoms with Crippen molar-refractivity contribution in [2.45, 2.75) is 32.1 Å². The van der Waals surface area contributed by atoms with Crippen molar-refractivity contribution in [3.8, 4) is 0 Å². The minimum absolute atomic E-state index is 0.788. The Bertz CT molecular complexity index is 206. The SMILES string of the molecule is CN1C=C(C2CCCCC2)N(C)N1. The van der Waals surface area contributed by atoms with Gasteiger partial charge in [-0.2, -0.15) is 0 Å². The third-order valence-corrected chi connectivity index (χ3v) is 3.04. The van der Waals surface area contributed by atoms with Crippen LogP contribution in [0.15, 0.2) is 11.9 Å². The van der Waals surface area contributed by atoms with Crippen LogP contribution in [0.2, 0.25) is 0 Å². The molecule has 0 radical (unpaired) electrons. The predicted molar refractivity (Wildman–Crippen MR) is 53.3 cm³/mol. The molecule has 0 aromatic carbocycles. The van der Waals surface area contributed by atoms with Crippen LogP contribution in [-0.4, -0.2) is 24.1 Å². The normalized spacial score (nSPS) is 25.2. The van der Waals surface area contributed by atoms with Crippen LogP contribution >= 0.6 is 0 Å². The Hall–Kier alpha value is -0.700. The molecule has 2 rings (SSSR count). The van der Waals surface area contributed by atoms with E-state index in [2.05, 4.69) is 23.8 Å². The molecular weight excluding hydrogens is 162 g/mol. The maximum Gasteiger partial charge on any atom is 0.0513 e. The van der Waals surface area contributed by atoms with E-state index in [0.29, 0.717) is 0 Å². The summed E-state index contributed by atoms with van der Waals surface area (Å²) in [4.78, 5) is 0. The van der Waals surface area contributed by atoms with Gasteiger partial charge in [0.25, 0.3) is 0 Å². The number of hydrogen-bond acceptors (Lipinski definition) is 3. The number of rotatable bonds is 1. The zero-order chi connectivity index (χ0) is 9.26. The Kier molecular flexibility index (Phi) is 2.44. The molecule has 0 bridgehead atoms. The van der Waals surface area contributed by atoms with Crippen LogP contribution in [0.25, 0.3) is 0 Å². The molecule has 1 heterocycles. The van der Waals surface area contributed by atoms with Gasteiger partial charge in [-0.15, -0.1) is 5.53 Å². The van der Waals surface area contributed by atoms with Crippen molar-refractivity contribution >= 4 is 0 Å². The van der Waals surface area contributed by atoms with Gasteiger partial charge in [0.2, 0.25) is 0 Å². The summed E-state index contributed by atoms with van der Waals surface area (Å²) in [6, 6.07) is 0. The first kappa shape index (κ1) is 8.88. The molecule has 13 heavy (non-hydrogen) atoms. The Balaban J connectivity index is 2.02. The fourth-order valence-electron chi connectivity index (χ4n) is 2.39. The van der Waals surface area contributed by atoms with Gasteiger partial charge in [0.1, 0.15) is 0 Å². The maximum absolute atomic E-state index is 3.24. The lowest BCUT2D eigenvalue weighted by Crippen LogP contribution is -2.36. The molecule has 2 aliphatic rings. The van der Waals surface area contributed by atoms with Crippen LogP contribution in [-0.2, 0) is 0 Å². The molecular formula is C10H19N3. The Labute approximate surface area is 80.3 Å². The molecule has 0 aromatic rings. The first-order valence-corrected chi connectivity index (χ1v) is 5.22. The topological polar surface area (TPSA) is 18.5 Å². The highest BCUT2D eigenvalue weighted by Crippen LogP contribution is 2.31. The zero-order valence-corrected chi connectivity index (χ0v) is 8.58. The third-order valence-electron chi connectivity index (χ3n) is 3.04. The number of allylic oxidation sites excluding steroid dienone is 1. The van der Waals surface area contributed by atoms with Gasteiger partial charge < -0.3 is 0 Å². The molecule has 0 spiro atoms. The summed E-state index contributed by atoms with van der Waals surface area (Å²) in [5.41, 5.74) is 4.70. The third kappa shape index (κ3) is 1.80. The summed E-state index contributed by atoms with van der Waals surface area (Å²) in [7, 11) is 4.15. The molecule has 0 aromatic heterocycles. The highest BCUT2D eigenvalue weighted by atomic mass is 15.8. The van der Waals surface area contributed by atoms with Crippen molar-refractivity contribution in [1.82, 2.24) is 15.6 Å². The first-order valence-electron chi connectivity index (χ1n) is 5.22. The van der Waals surface area contributed by atoms with Gasteiger partial charge in [-0.25, -0.2) is 0 Å². The zero-order valence-electron chi connectivity index (χ0n) is 8.58. The van der Waals surface area contributed by atoms with Crippen LogP contribution in [0, 0.1) is 5.92 Å². The smallest absolute Gasteiger partial charge is 0.0513 e. The standard InChI is InChI=1S/C10H19N3/c1-12-8-10(13(2)11-12)9-6-4-3-5-7-9/h8-9,11H,3-7H2,1-2H3. The number of hydrazine groups is 2. The van der Waals surface area contributed by atoms with E-state index in [9.17, 15) is 0 Å². The first-order chi connectivity index (χ1) is 6.27. The van der Waals surface area contributed by atoms with Gasteiger partial charge in [-0.05, 0) is 12.8 Å². The molecule has 1 fully saturated rings. The van der Waals surface area contributed by atoms with Crippen LogP contribution in [0.1, 0.15) is 32.1 Å². The van der Waals surface area contributed by atoms with Gasteiger partial charge >= 0.3 is 0 Å². The second kappa shape index (κ2) is 3.58. The summed E-state index contributed by atoms with van der Waals surface area (Å²) in [5, 5.41) is 4.18. The van der Waals surface area contributed by atoms with Crippen LogP contribution in [0.4, 0.5) is 0 Å². The van der Waals surface area contributed by atoms with E-state index in [1.807, 2.05) is 12.1 Å². The predicted octanol–water partition coefficient (Wildman–Crippen LogP) is 1.70. The van der Waals surface area contributed by atoms with Crippen LogP contribution < -0.4 is 5.53 Å². The van der Waals surface area contributed by atoms with E-state index in [1.54, 1.807) is 0 Å². The van der Waals surface area contributed by atoms with E-state index < -0.39 is 0 Å². The highest BCUT2D eigenvalue weighted by Gasteiger charge is 2.24. The fraction of sp³-hybridized carbons (Fsp3) is 0.800. The van der Waals surface area contributed by atoms with E-state index in [-0.39, 0.29) is 0 Å². The fourth-order valence-corrected chi connectivity index (χ4v) is 2.39. The Morgan fingerprint density at radius 3 is 2.46 bits per heavy atom. The van der Waals surface area contributed by atoms with E-state index in [4.69, 9.17) is 0 Å². The second-order valence-electron chi connectivity index (χ2n) is 4.16. The van der Waals surface area contributed by atoms with E-state index in [0.717, 1.165) is 5.92 Å². The molecule has 1 N–H and O–H groups in total. The van der Waals surface area contributed by atoms with Gasteiger partial charge in [-0.1, -0.05) is 19.3 Å². The maximum atomic E-state index is 3.24. The molecule has 1 saturated carbocycles. The van der Waals surface area contributed by atoms with Crippen molar-refractivity contribution in [3.63, 3.8) is 0 Å². The van der Waals surface area contributed by atoms with Crippen molar-refractivity contribution in [2.24, 2.45) is 5.92 Å². The van der Waals surface area contributed by atoms with E-state index in [1.165, 1.54) is 37.8 Å². The van der Waals surface area contributed by atoms with E-state index >= 15 is 0 Å². The average Bonchev–Trinajstić information content (AvgIpc) is 2.47. The minimum Gasteiger partial charge on any atom is -0.299 e. The second-order valence-corrected chi connectivity index (χ2v) is 4.16. The molecule has 3 nitrogen and oxygen atoms in total. The molecule has 0 amide bonds. The monoisotopic (exact) mass is 181 g/mol. The van der Waals surface area contributed by atoms with Crippen LogP contribution in [0.3, 0.4) is 0 Å². The highest BCUT2D eigenvalue weighted by molar-refractivity contribution is 5.07. The number of hydrogen-bond donors (Lipinski definition) is 1. The number of nitrogens with one attached hydrogen (secondary N) is 1. The number of nitrogens with zero attached hydrogens (tertiary/aromatic N) is 2. The lowest BCUT2D eigenvalue weighted by atomic mass is 9.87. The largest absolute Gasteiger partial charge is 0.299 e. The minimum atomic E-state index is 0.788. The van der Waals surface area contributed by atoms with Crippen molar-refractivity contribution in [2.75, 3.05) is 14.1 Å². The quantitative estimate of drug-likeness (QED) is 0.664. The van der Waals surface area contributed by atoms with Gasteiger partial charge in [0.05, 0.1) is 5.70 Å². The van der Waals surface area contributed by atoms with Gasteiger partial charge in [-0.3, -0.25) is 10.0 Å². The van der Waals surface area contributed by atoms with Crippen molar-refractivity contribution in [1.29, 1.82) is 0 Å². The Morgan fingerprint density at radius 2 is 1.92 bits per heavy atom. The summed E-state index contributed by atoms with van der Waals surface area (Å²) in [6.45, 7) is 0. The van der Waals surface area contributed by atoms with Gasteiger partial charge in [0, 0.05) is 26.2 Å². The van der Waals surface area contributed by atoms with Crippen molar-refractivity contribution in [3.05, 3.63) is 11.9 Å². The molecule has 1 aliphatic heterocycles. The summed E-state index contributed by atoms with van der Waals surface area (Å²) in [6.07, 6.45) is 9.18. The van der Waals surface area contributed by atoms with Gasteiger partial charge in [0.15, 0.2) is 0 Å². The lowest BCUT2D eigenvalue weighted by Gasteiger charge is -2.27. The van der Waals surface area contributed by atoms with Crippen LogP contribution in [0.5, 0.6) is 0 Å². The molecule has 1 aliphatic carbocycles. The molecule has 0 unspecified atom stereocenters. The molecule has 3 heteroatoms. The van der Waals surface area contributed by atoms with Crippen molar-refractivity contribution < 1.29 is 0 Å². The molecule has 74 valence electrons. The Morgan fingerprint density at radius 1 is 1.23 bits per heavy atom. The lowest BCUT2D eigenvalue weighted by molar-refractivity contribution is 0.166. The summed E-state index contributed by atoms with van der Waals surface area (Å²) >= 11 is 0. The average molecular weight is 181 g/mol. The molecule has 0 atom stereocenters. The molecule has 0 saturated heterocycles. The summed E-state index contributed by atoms with van der Waals surface area (Å²) < 4.78 is 0.